The molecule has 0 bridgehead atoms. The number of benzene rings is 2. The minimum absolute atomic E-state index is 0.0653. The molecule has 1 aliphatic carbocycles. The summed E-state index contributed by atoms with van der Waals surface area (Å²) in [5.41, 5.74) is 5.95. The molecule has 1 fully saturated rings. The third-order valence-electron chi connectivity index (χ3n) is 9.08. The Hall–Kier alpha value is -6.33. The van der Waals surface area contributed by atoms with Crippen LogP contribution in [0.5, 0.6) is 5.75 Å². The van der Waals surface area contributed by atoms with E-state index in [0.717, 1.165) is 30.6 Å². The van der Waals surface area contributed by atoms with Gasteiger partial charge in [0.15, 0.2) is 0 Å². The van der Waals surface area contributed by atoms with E-state index in [2.05, 4.69) is 21.3 Å². The number of amides is 7. The maximum Gasteiger partial charge on any atom is 0.514 e. The maximum absolute atomic E-state index is 13.7. The van der Waals surface area contributed by atoms with E-state index in [-0.39, 0.29) is 67.6 Å². The number of carbonyl (C=O) groups is 7. The molecule has 4 rings (SSSR count). The molecule has 2 aromatic rings. The molecule has 55 heavy (non-hydrogen) atoms. The highest BCUT2D eigenvalue weighted by molar-refractivity contribution is 6.12. The quantitative estimate of drug-likeness (QED) is 0.0326. The predicted octanol–water partition coefficient (Wildman–Crippen LogP) is 3.34. The van der Waals surface area contributed by atoms with Crippen LogP contribution in [0.2, 0.25) is 0 Å². The highest BCUT2D eigenvalue weighted by Crippen LogP contribution is 2.28. The summed E-state index contributed by atoms with van der Waals surface area (Å²) in [5, 5.41) is 21.7. The molecule has 18 nitrogen and oxygen atoms in total. The minimum Gasteiger partial charge on any atom is -0.429 e. The SMILES string of the molecule is NC(=O)NCCC[C@H](NC(=O)[C@@H](NC(=O)CCCCCN1C(=O)C=CC1=O)C1CCCC1)C(=O)Nc1ccc(COC(=O)Oc2ccc([N+](=O)[O-])cc2)cc1. The van der Waals surface area contributed by atoms with E-state index in [9.17, 15) is 43.7 Å². The second-order valence-corrected chi connectivity index (χ2v) is 13.1. The highest BCUT2D eigenvalue weighted by atomic mass is 16.7. The van der Waals surface area contributed by atoms with Crippen LogP contribution in [0.3, 0.4) is 0 Å². The molecule has 18 heteroatoms. The third kappa shape index (κ3) is 13.5. The van der Waals surface area contributed by atoms with Crippen LogP contribution in [0.25, 0.3) is 0 Å². The molecule has 6 N–H and O–H groups in total. The van der Waals surface area contributed by atoms with Crippen molar-refractivity contribution in [3.8, 4) is 5.75 Å². The molecular formula is C37H45N7O11. The molecule has 1 saturated carbocycles. The summed E-state index contributed by atoms with van der Waals surface area (Å²) in [4.78, 5) is 98.4. The zero-order chi connectivity index (χ0) is 39.7. The standard InChI is InChI=1S/C37H45N7O11/c38-36(50)39-21-6-9-29(34(48)40-26-13-11-24(12-14-26)23-54-37(51)55-28-17-15-27(16-18-28)44(52)53)41-35(49)33(25-7-3-4-8-25)42-30(45)10-2-1-5-22-43-31(46)19-20-32(43)47/h11-20,25,29,33H,1-10,21-23H2,(H,40,48)(H,41,49)(H,42,45)(H3,38,39,50)/t29-,33-/m0/s1. The van der Waals surface area contributed by atoms with Crippen molar-refractivity contribution in [3.63, 3.8) is 0 Å². The Balaban J connectivity index is 1.30. The second kappa shape index (κ2) is 20.8. The van der Waals surface area contributed by atoms with Crippen LogP contribution >= 0.6 is 0 Å². The van der Waals surface area contributed by atoms with E-state index < -0.39 is 41.0 Å². The van der Waals surface area contributed by atoms with Gasteiger partial charge in [-0.2, -0.15) is 0 Å². The number of carbonyl (C=O) groups excluding carboxylic acids is 7. The number of ether oxygens (including phenoxy) is 2. The lowest BCUT2D eigenvalue weighted by atomic mass is 9.96. The van der Waals surface area contributed by atoms with Gasteiger partial charge in [0.2, 0.25) is 17.7 Å². The van der Waals surface area contributed by atoms with Gasteiger partial charge in [-0.05, 0) is 74.3 Å². The van der Waals surface area contributed by atoms with Crippen LogP contribution in [-0.2, 0) is 35.3 Å². The minimum atomic E-state index is -1.04. The summed E-state index contributed by atoms with van der Waals surface area (Å²) in [6, 6.07) is 8.63. The number of hydrogen-bond acceptors (Lipinski definition) is 11. The first-order valence-corrected chi connectivity index (χ1v) is 18.0. The number of primary amides is 1. The molecule has 2 aromatic carbocycles. The largest absolute Gasteiger partial charge is 0.514 e. The Morgan fingerprint density at radius 1 is 0.873 bits per heavy atom. The molecule has 294 valence electrons. The van der Waals surface area contributed by atoms with E-state index in [1.165, 1.54) is 36.4 Å². The van der Waals surface area contributed by atoms with Crippen molar-refractivity contribution in [2.45, 2.75) is 82.9 Å². The molecule has 0 radical (unpaired) electrons. The molecule has 0 aromatic heterocycles. The number of hydrogen-bond donors (Lipinski definition) is 5. The zero-order valence-electron chi connectivity index (χ0n) is 30.2. The molecule has 2 atom stereocenters. The molecule has 0 spiro atoms. The lowest BCUT2D eigenvalue weighted by Crippen LogP contribution is -2.55. The van der Waals surface area contributed by atoms with Crippen LogP contribution < -0.4 is 31.7 Å². The molecule has 0 saturated heterocycles. The van der Waals surface area contributed by atoms with Crippen molar-refractivity contribution in [2.75, 3.05) is 18.4 Å². The van der Waals surface area contributed by atoms with Gasteiger partial charge in [0.25, 0.3) is 17.5 Å². The van der Waals surface area contributed by atoms with E-state index in [1.807, 2.05) is 0 Å². The van der Waals surface area contributed by atoms with Crippen LogP contribution in [0.1, 0.15) is 69.8 Å². The van der Waals surface area contributed by atoms with Gasteiger partial charge in [-0.3, -0.25) is 39.0 Å². The summed E-state index contributed by atoms with van der Waals surface area (Å²) >= 11 is 0. The number of anilines is 1. The molecule has 1 heterocycles. The van der Waals surface area contributed by atoms with E-state index in [0.29, 0.717) is 36.9 Å². The number of unbranched alkanes of at least 4 members (excludes halogenated alkanes) is 2. The first-order valence-electron chi connectivity index (χ1n) is 18.0. The number of nitro benzene ring substituents is 1. The van der Waals surface area contributed by atoms with Crippen molar-refractivity contribution in [1.29, 1.82) is 0 Å². The van der Waals surface area contributed by atoms with Gasteiger partial charge in [0.05, 0.1) is 4.92 Å². The Morgan fingerprint density at radius 2 is 1.55 bits per heavy atom. The van der Waals surface area contributed by atoms with Gasteiger partial charge in [0.1, 0.15) is 24.4 Å². The van der Waals surface area contributed by atoms with Crippen LogP contribution in [0.15, 0.2) is 60.7 Å². The summed E-state index contributed by atoms with van der Waals surface area (Å²) in [5.74, 6) is -2.12. The molecule has 0 unspecified atom stereocenters. The highest BCUT2D eigenvalue weighted by Gasteiger charge is 2.34. The lowest BCUT2D eigenvalue weighted by Gasteiger charge is -2.27. The first kappa shape index (κ1) is 41.4. The van der Waals surface area contributed by atoms with E-state index in [1.54, 1.807) is 24.3 Å². The Morgan fingerprint density at radius 3 is 2.18 bits per heavy atom. The Labute approximate surface area is 316 Å². The van der Waals surface area contributed by atoms with Gasteiger partial charge in [-0.25, -0.2) is 9.59 Å². The maximum atomic E-state index is 13.7. The fourth-order valence-electron chi connectivity index (χ4n) is 6.18. The number of nitrogens with one attached hydrogen (secondary N) is 4. The number of urea groups is 1. The Bertz CT molecular complexity index is 1720. The van der Waals surface area contributed by atoms with Crippen LogP contribution in [0, 0.1) is 16.0 Å². The molecule has 2 aliphatic rings. The van der Waals surface area contributed by atoms with Crippen molar-refractivity contribution in [1.82, 2.24) is 20.9 Å². The van der Waals surface area contributed by atoms with Gasteiger partial charge >= 0.3 is 12.2 Å². The average Bonchev–Trinajstić information content (AvgIpc) is 3.81. The summed E-state index contributed by atoms with van der Waals surface area (Å²) < 4.78 is 10.1. The normalized spacial score (nSPS) is 14.9. The van der Waals surface area contributed by atoms with Gasteiger partial charge in [-0.15, -0.1) is 0 Å². The number of nitro groups is 1. The number of imide groups is 1. The van der Waals surface area contributed by atoms with Gasteiger partial charge in [-0.1, -0.05) is 31.4 Å². The Kier molecular flexibility index (Phi) is 15.7. The van der Waals surface area contributed by atoms with Crippen molar-refractivity contribution in [3.05, 3.63) is 76.4 Å². The fourth-order valence-corrected chi connectivity index (χ4v) is 6.18. The van der Waals surface area contributed by atoms with Gasteiger partial charge in [0, 0.05) is 49.5 Å². The average molecular weight is 764 g/mol. The third-order valence-corrected chi connectivity index (χ3v) is 9.08. The van der Waals surface area contributed by atoms with E-state index >= 15 is 0 Å². The summed E-state index contributed by atoms with van der Waals surface area (Å²) in [7, 11) is 0. The smallest absolute Gasteiger partial charge is 0.429 e. The number of nitrogens with two attached hydrogens (primary N) is 1. The van der Waals surface area contributed by atoms with Crippen molar-refractivity contribution < 1.29 is 48.0 Å². The molecule has 1 aliphatic heterocycles. The number of rotatable bonds is 20. The first-order chi connectivity index (χ1) is 26.4. The fraction of sp³-hybridized carbons (Fsp3) is 0.432. The second-order valence-electron chi connectivity index (χ2n) is 13.1. The number of non-ortho nitro benzene ring substituents is 1. The number of nitrogens with zero attached hydrogens (tertiary/aromatic N) is 2. The molecule has 7 amide bonds. The summed E-state index contributed by atoms with van der Waals surface area (Å²) in [6.45, 7) is 0.258. The van der Waals surface area contributed by atoms with Crippen molar-refractivity contribution in [2.24, 2.45) is 11.7 Å². The topological polar surface area (TPSA) is 258 Å². The zero-order valence-corrected chi connectivity index (χ0v) is 30.2. The van der Waals surface area contributed by atoms with Crippen molar-refractivity contribution >= 4 is 53.1 Å². The lowest BCUT2D eigenvalue weighted by molar-refractivity contribution is -0.384. The van der Waals surface area contributed by atoms with E-state index in [4.69, 9.17) is 15.2 Å². The molecular weight excluding hydrogens is 718 g/mol. The predicted molar refractivity (Wildman–Crippen MR) is 196 cm³/mol. The monoisotopic (exact) mass is 763 g/mol. The van der Waals surface area contributed by atoms with Gasteiger partial charge < -0.3 is 36.5 Å². The summed E-state index contributed by atoms with van der Waals surface area (Å²) in [6.07, 6.45) is 6.90. The van der Waals surface area contributed by atoms with Crippen LogP contribution in [-0.4, -0.2) is 76.7 Å². The van der Waals surface area contributed by atoms with Crippen LogP contribution in [0.4, 0.5) is 21.0 Å².